The highest BCUT2D eigenvalue weighted by Crippen LogP contribution is 2.71. The van der Waals surface area contributed by atoms with E-state index in [4.69, 9.17) is 0 Å². The third-order valence-electron chi connectivity index (χ3n) is 7.07. The molecule has 0 aliphatic carbocycles. The zero-order valence-corrected chi connectivity index (χ0v) is 20.6. The number of aliphatic hydroxyl groups is 1. The number of nitrogens with one attached hydrogen (secondary N) is 2. The first kappa shape index (κ1) is 24.4. The number of nitrogens with zero attached hydrogens (tertiary/aromatic N) is 1. The van der Waals surface area contributed by atoms with Crippen molar-refractivity contribution in [2.24, 2.45) is 17.8 Å². The number of carbonyl (C=O) groups is 3. The summed E-state index contributed by atoms with van der Waals surface area (Å²) in [6.45, 7) is 12.4. The van der Waals surface area contributed by atoms with Crippen molar-refractivity contribution in [1.82, 2.24) is 15.5 Å². The molecule has 3 N–H and O–H groups in total. The van der Waals surface area contributed by atoms with Crippen molar-refractivity contribution < 1.29 is 19.5 Å². The Morgan fingerprint density at radius 1 is 1.23 bits per heavy atom. The third kappa shape index (κ3) is 3.99. The Hall–Kier alpha value is -1.28. The Morgan fingerprint density at radius 2 is 1.90 bits per heavy atom. The minimum atomic E-state index is -0.667. The Bertz CT molecular complexity index is 730. The summed E-state index contributed by atoms with van der Waals surface area (Å²) in [4.78, 5) is 42.3. The van der Waals surface area contributed by atoms with Crippen molar-refractivity contribution >= 4 is 29.5 Å². The largest absolute Gasteiger partial charge is 0.394 e. The van der Waals surface area contributed by atoms with E-state index in [0.29, 0.717) is 13.0 Å². The van der Waals surface area contributed by atoms with Crippen LogP contribution in [0, 0.1) is 17.8 Å². The van der Waals surface area contributed by atoms with Crippen LogP contribution in [0.4, 0.5) is 0 Å². The van der Waals surface area contributed by atoms with Crippen molar-refractivity contribution in [2.75, 3.05) is 13.2 Å². The number of hydrogen-bond donors (Lipinski definition) is 3. The van der Waals surface area contributed by atoms with Gasteiger partial charge in [0.05, 0.1) is 29.2 Å². The van der Waals surface area contributed by atoms with Crippen LogP contribution in [0.15, 0.2) is 0 Å². The monoisotopic (exact) mass is 453 g/mol. The van der Waals surface area contributed by atoms with E-state index >= 15 is 0 Å². The highest BCUT2D eigenvalue weighted by Gasteiger charge is 2.77. The average molecular weight is 454 g/mol. The Kier molecular flexibility index (Phi) is 7.02. The second-order valence-corrected chi connectivity index (χ2v) is 12.3. The molecular weight excluding hydrogens is 414 g/mol. The lowest BCUT2D eigenvalue weighted by Crippen LogP contribution is -2.57. The van der Waals surface area contributed by atoms with Gasteiger partial charge in [-0.15, -0.1) is 11.8 Å². The molecule has 2 unspecified atom stereocenters. The van der Waals surface area contributed by atoms with Gasteiger partial charge in [0.15, 0.2) is 0 Å². The molecule has 0 aromatic carbocycles. The van der Waals surface area contributed by atoms with E-state index in [1.807, 2.05) is 34.6 Å². The summed E-state index contributed by atoms with van der Waals surface area (Å²) in [5.74, 6) is -1.11. The first-order chi connectivity index (χ1) is 14.5. The molecule has 3 saturated heterocycles. The molecule has 3 heterocycles. The highest BCUT2D eigenvalue weighted by atomic mass is 32.2. The van der Waals surface area contributed by atoms with Gasteiger partial charge in [-0.1, -0.05) is 20.8 Å². The normalized spacial score (nSPS) is 35.1. The summed E-state index contributed by atoms with van der Waals surface area (Å²) >= 11 is 1.67. The first-order valence-corrected chi connectivity index (χ1v) is 12.5. The molecule has 3 amide bonds. The summed E-state index contributed by atoms with van der Waals surface area (Å²) in [6.07, 6.45) is 2.98. The molecule has 0 aromatic heterocycles. The molecule has 7 nitrogen and oxygen atoms in total. The number of fused-ring (bicyclic) bond motifs is 1. The fourth-order valence-electron chi connectivity index (χ4n) is 6.00. The zero-order chi connectivity index (χ0) is 23.1. The van der Waals surface area contributed by atoms with Crippen molar-refractivity contribution in [3.8, 4) is 0 Å². The zero-order valence-electron chi connectivity index (χ0n) is 19.7. The van der Waals surface area contributed by atoms with Crippen molar-refractivity contribution in [1.29, 1.82) is 0 Å². The Labute approximate surface area is 190 Å². The summed E-state index contributed by atoms with van der Waals surface area (Å²) in [6, 6.07) is -1.15. The number of amides is 3. The smallest absolute Gasteiger partial charge is 0.244 e. The second kappa shape index (κ2) is 8.93. The van der Waals surface area contributed by atoms with Gasteiger partial charge >= 0.3 is 0 Å². The molecule has 0 radical (unpaired) electrons. The van der Waals surface area contributed by atoms with Crippen LogP contribution in [-0.4, -0.2) is 68.5 Å². The maximum absolute atomic E-state index is 13.9. The standard InChI is InChI=1S/C23H39N3O4S/c1-7-10-24-19(28)16-17-21(30)26(15(12-27)11-13(2)3)18(20(29)25-14(4)5)23(17)9-8-22(16,6)31-23/h13-18,27H,7-12H2,1-6H3,(H,24,28)(H,25,29)/t15-,16-,17+,18?,22+,23?/m1/s1. The van der Waals surface area contributed by atoms with Crippen LogP contribution in [0.3, 0.4) is 0 Å². The van der Waals surface area contributed by atoms with Gasteiger partial charge in [-0.05, 0) is 52.4 Å². The number of thioether (sulfide) groups is 1. The number of carbonyl (C=O) groups excluding carboxylic acids is 3. The predicted octanol–water partition coefficient (Wildman–Crippen LogP) is 1.93. The Morgan fingerprint density at radius 3 is 2.45 bits per heavy atom. The van der Waals surface area contributed by atoms with Crippen molar-refractivity contribution in [3.63, 3.8) is 0 Å². The predicted molar refractivity (Wildman–Crippen MR) is 122 cm³/mol. The van der Waals surface area contributed by atoms with E-state index in [2.05, 4.69) is 17.6 Å². The lowest BCUT2D eigenvalue weighted by molar-refractivity contribution is -0.143. The van der Waals surface area contributed by atoms with Crippen LogP contribution in [0.5, 0.6) is 0 Å². The average Bonchev–Trinajstić information content (AvgIpc) is 3.24. The molecule has 3 fully saturated rings. The van der Waals surface area contributed by atoms with E-state index in [1.165, 1.54) is 0 Å². The molecular formula is C23H39N3O4S. The van der Waals surface area contributed by atoms with Crippen molar-refractivity contribution in [3.05, 3.63) is 0 Å². The minimum absolute atomic E-state index is 0.0552. The van der Waals surface area contributed by atoms with Gasteiger partial charge in [0.25, 0.3) is 0 Å². The van der Waals surface area contributed by atoms with E-state index in [-0.39, 0.29) is 41.0 Å². The molecule has 6 atom stereocenters. The number of likely N-dealkylation sites (tertiary alicyclic amines) is 1. The number of rotatable bonds is 9. The highest BCUT2D eigenvalue weighted by molar-refractivity contribution is 8.02. The van der Waals surface area contributed by atoms with Crippen molar-refractivity contribution in [2.45, 2.75) is 94.8 Å². The lowest BCUT2D eigenvalue weighted by atomic mass is 9.66. The van der Waals surface area contributed by atoms with E-state index in [9.17, 15) is 19.5 Å². The van der Waals surface area contributed by atoms with Crippen LogP contribution in [-0.2, 0) is 14.4 Å². The molecule has 1 spiro atoms. The summed E-state index contributed by atoms with van der Waals surface area (Å²) in [5.41, 5.74) is 0. The third-order valence-corrected chi connectivity index (χ3v) is 9.06. The molecule has 0 aromatic rings. The number of hydrogen-bond acceptors (Lipinski definition) is 5. The van der Waals surface area contributed by atoms with Crippen LogP contribution in [0.25, 0.3) is 0 Å². The molecule has 3 aliphatic rings. The Balaban J connectivity index is 2.06. The SMILES string of the molecule is CCCNC(=O)[C@H]1[C@H]2C(=O)N([C@@H](CO)CC(C)C)C(C(=O)NC(C)C)C23CC[C@]1(C)S3. The summed E-state index contributed by atoms with van der Waals surface area (Å²) in [7, 11) is 0. The van der Waals surface area contributed by atoms with Gasteiger partial charge in [-0.3, -0.25) is 14.4 Å². The fraction of sp³-hybridized carbons (Fsp3) is 0.870. The van der Waals surface area contributed by atoms with E-state index in [1.54, 1.807) is 16.7 Å². The minimum Gasteiger partial charge on any atom is -0.394 e. The van der Waals surface area contributed by atoms with Crippen LogP contribution >= 0.6 is 11.8 Å². The topological polar surface area (TPSA) is 98.7 Å². The number of aliphatic hydroxyl groups excluding tert-OH is 1. The lowest BCUT2D eigenvalue weighted by Gasteiger charge is -2.38. The maximum atomic E-state index is 13.9. The maximum Gasteiger partial charge on any atom is 0.244 e. The summed E-state index contributed by atoms with van der Waals surface area (Å²) in [5, 5.41) is 16.2. The van der Waals surface area contributed by atoms with Crippen LogP contribution < -0.4 is 10.6 Å². The molecule has 2 bridgehead atoms. The second-order valence-electron chi connectivity index (χ2n) is 10.4. The van der Waals surface area contributed by atoms with Gasteiger partial charge in [0, 0.05) is 17.3 Å². The quantitative estimate of drug-likeness (QED) is 0.495. The molecule has 0 saturated carbocycles. The van der Waals surface area contributed by atoms with Gasteiger partial charge in [0.1, 0.15) is 6.04 Å². The van der Waals surface area contributed by atoms with Gasteiger partial charge in [-0.25, -0.2) is 0 Å². The van der Waals surface area contributed by atoms with E-state index in [0.717, 1.165) is 19.3 Å². The molecule has 3 rings (SSSR count). The summed E-state index contributed by atoms with van der Waals surface area (Å²) < 4.78 is -0.975. The fourth-order valence-corrected chi connectivity index (χ4v) is 8.34. The van der Waals surface area contributed by atoms with Gasteiger partial charge < -0.3 is 20.6 Å². The first-order valence-electron chi connectivity index (χ1n) is 11.7. The molecule has 176 valence electrons. The van der Waals surface area contributed by atoms with Gasteiger partial charge in [0.2, 0.25) is 17.7 Å². The van der Waals surface area contributed by atoms with Gasteiger partial charge in [-0.2, -0.15) is 0 Å². The van der Waals surface area contributed by atoms with E-state index < -0.39 is 28.7 Å². The van der Waals surface area contributed by atoms with Crippen LogP contribution in [0.2, 0.25) is 0 Å². The molecule has 31 heavy (non-hydrogen) atoms. The molecule has 8 heteroatoms. The molecule has 3 aliphatic heterocycles. The van der Waals surface area contributed by atoms with Crippen LogP contribution in [0.1, 0.15) is 67.2 Å².